The molecule has 0 fully saturated rings. The Morgan fingerprint density at radius 1 is 0.852 bits per heavy atom. The largest absolute Gasteiger partial charge is 3.00 e. The van der Waals surface area contributed by atoms with E-state index in [0.29, 0.717) is 5.92 Å². The molecule has 0 saturated heterocycles. The molecule has 1 aliphatic rings. The number of halogens is 3. The Bertz CT molecular complexity index is 499. The van der Waals surface area contributed by atoms with E-state index in [1.807, 2.05) is 10.2 Å². The Balaban J connectivity index is -0.0000000593. The molecule has 2 radical (unpaired) electrons. The van der Waals surface area contributed by atoms with Gasteiger partial charge in [0.15, 0.2) is 0 Å². The molecule has 0 nitrogen and oxygen atoms in total. The Kier molecular flexibility index (Phi) is 32.8. The van der Waals surface area contributed by atoms with Gasteiger partial charge in [-0.3, -0.25) is 6.08 Å². The Morgan fingerprint density at radius 2 is 1.19 bits per heavy atom. The third kappa shape index (κ3) is 19.6. The first-order valence-corrected chi connectivity index (χ1v) is 8.70. The van der Waals surface area contributed by atoms with Gasteiger partial charge in [-0.15, -0.1) is 44.1 Å². The van der Waals surface area contributed by atoms with Crippen molar-refractivity contribution in [2.75, 3.05) is 0 Å². The van der Waals surface area contributed by atoms with E-state index >= 15 is 0 Å². The minimum Gasteiger partial charge on any atom is -0.358 e. The van der Waals surface area contributed by atoms with Crippen molar-refractivity contribution in [3.05, 3.63) is 65.5 Å². The second kappa shape index (κ2) is 21.2. The van der Waals surface area contributed by atoms with Gasteiger partial charge in [-0.1, -0.05) is 61.2 Å². The van der Waals surface area contributed by atoms with Gasteiger partial charge in [0.1, 0.15) is 0 Å². The zero-order chi connectivity index (χ0) is 17.4. The average molecular weight is 486 g/mol. The van der Waals surface area contributed by atoms with Crippen molar-refractivity contribution in [3.8, 4) is 0 Å². The maximum atomic E-state index is 3.36. The van der Waals surface area contributed by atoms with E-state index in [1.165, 1.54) is 39.0 Å². The van der Waals surface area contributed by atoms with Crippen molar-refractivity contribution in [2.45, 2.75) is 62.3 Å². The third-order valence-corrected chi connectivity index (χ3v) is 3.93. The summed E-state index contributed by atoms with van der Waals surface area (Å²) in [5.74, 6) is 1.98. The summed E-state index contributed by atoms with van der Waals surface area (Å²) in [6, 6.07) is 6.59. The average Bonchev–Trinajstić information content (AvgIpc) is 2.54. The fraction of sp³-hybridized carbons (Fsp3) is 0.455. The maximum Gasteiger partial charge on any atom is 3.00 e. The van der Waals surface area contributed by atoms with Crippen molar-refractivity contribution in [3.63, 3.8) is 0 Å². The summed E-state index contributed by atoms with van der Waals surface area (Å²) in [6.45, 7) is 19.2. The molecule has 1 aromatic rings. The summed E-state index contributed by atoms with van der Waals surface area (Å²) >= 11 is 0. The normalized spacial score (nSPS) is 13.6. The van der Waals surface area contributed by atoms with Gasteiger partial charge in [0.25, 0.3) is 0 Å². The first kappa shape index (κ1) is 41.8. The van der Waals surface area contributed by atoms with Crippen LogP contribution in [-0.2, 0) is 21.7 Å². The third-order valence-electron chi connectivity index (χ3n) is 3.52. The molecule has 27 heavy (non-hydrogen) atoms. The van der Waals surface area contributed by atoms with Crippen molar-refractivity contribution in [1.29, 1.82) is 0 Å². The van der Waals surface area contributed by atoms with Crippen molar-refractivity contribution in [1.82, 2.24) is 0 Å². The molecule has 156 valence electrons. The fourth-order valence-electron chi connectivity index (χ4n) is 2.23. The second-order valence-electron chi connectivity index (χ2n) is 6.79. The topological polar surface area (TPSA) is 0 Å². The summed E-state index contributed by atoms with van der Waals surface area (Å²) in [4.78, 5) is 0. The Morgan fingerprint density at radius 3 is 1.33 bits per heavy atom. The van der Waals surface area contributed by atoms with Crippen molar-refractivity contribution >= 4 is 52.7 Å². The summed E-state index contributed by atoms with van der Waals surface area (Å²) < 4.78 is 0. The van der Waals surface area contributed by atoms with Crippen LogP contribution in [0.15, 0.2) is 34.9 Å². The predicted octanol–water partition coefficient (Wildman–Crippen LogP) is 6.62. The number of hydrogen-bond acceptors (Lipinski definition) is 0. The smallest absolute Gasteiger partial charge is 0.358 e. The van der Waals surface area contributed by atoms with E-state index in [1.54, 1.807) is 0 Å². The minimum absolute atomic E-state index is 0. The SMILES string of the molecule is CC1=[C-]C(C)C(C)=C1C.C[C-](C)C.Cc1cc(C)cc([SiH2])c1.Cl.Cl.Cl.[CH3-].[Ti+3]. The molecule has 2 rings (SSSR count). The Labute approximate surface area is 207 Å². The standard InChI is InChI=1S/C9H13.C8H11Si.C4H9.CH3.3ClH.Ti/c1-6-5-7(2)9(4)8(6)3;1-6-3-7(2)5-8(9)4-6;1-4(2)3;;;;;/h6H,1-4H3;3-5H,9H2,1-2H3;1-3H3;1H3;3*1H;/q-1;;2*-1;;;;+3. The number of hydrogen-bond donors (Lipinski definition) is 0. The molecule has 0 N–H and O–H groups in total. The number of aryl methyl sites for hydroxylation is 2. The second-order valence-corrected chi connectivity index (χ2v) is 7.61. The van der Waals surface area contributed by atoms with Gasteiger partial charge in [-0.05, 0) is 13.8 Å². The molecule has 1 aliphatic carbocycles. The van der Waals surface area contributed by atoms with Crippen molar-refractivity contribution < 1.29 is 21.7 Å². The summed E-state index contributed by atoms with van der Waals surface area (Å²) in [6.07, 6.45) is 3.36. The van der Waals surface area contributed by atoms with Gasteiger partial charge in [-0.25, -0.2) is 5.57 Å². The monoisotopic (exact) mass is 484 g/mol. The van der Waals surface area contributed by atoms with Gasteiger partial charge in [0.2, 0.25) is 0 Å². The molecule has 0 amide bonds. The van der Waals surface area contributed by atoms with E-state index in [-0.39, 0.29) is 66.4 Å². The van der Waals surface area contributed by atoms with Gasteiger partial charge in [-0.2, -0.15) is 31.9 Å². The first-order chi connectivity index (χ1) is 10.0. The molecule has 1 unspecified atom stereocenters. The molecule has 1 aromatic carbocycles. The molecule has 0 bridgehead atoms. The van der Waals surface area contributed by atoms with E-state index in [2.05, 4.69) is 86.6 Å². The van der Waals surface area contributed by atoms with Gasteiger partial charge in [0, 0.05) is 10.2 Å². The predicted molar refractivity (Wildman–Crippen MR) is 132 cm³/mol. The quantitative estimate of drug-likeness (QED) is 0.286. The van der Waals surface area contributed by atoms with Crippen LogP contribution in [0.4, 0.5) is 0 Å². The first-order valence-electron chi connectivity index (χ1n) is 7.99. The van der Waals surface area contributed by atoms with Crippen LogP contribution in [0.2, 0.25) is 0 Å². The van der Waals surface area contributed by atoms with Crippen LogP contribution in [0.1, 0.15) is 59.6 Å². The van der Waals surface area contributed by atoms with Crippen molar-refractivity contribution in [2.24, 2.45) is 5.92 Å². The van der Waals surface area contributed by atoms with Crippen LogP contribution in [-0.4, -0.2) is 10.2 Å². The Hall–Kier alpha value is 0.501. The van der Waals surface area contributed by atoms with E-state index < -0.39 is 0 Å². The van der Waals surface area contributed by atoms with Crippen LogP contribution < -0.4 is 5.19 Å². The number of rotatable bonds is 0. The zero-order valence-electron chi connectivity index (χ0n) is 18.7. The molecule has 5 heteroatoms. The molecule has 0 aliphatic heterocycles. The fourth-order valence-corrected chi connectivity index (χ4v) is 2.87. The number of benzene rings is 1. The van der Waals surface area contributed by atoms with Crippen LogP contribution in [0.25, 0.3) is 0 Å². The molecule has 0 spiro atoms. The molecular weight excluding hydrogens is 447 g/mol. The molecule has 0 heterocycles. The summed E-state index contributed by atoms with van der Waals surface area (Å²) in [7, 11) is 1.93. The van der Waals surface area contributed by atoms with Crippen LogP contribution >= 0.6 is 37.2 Å². The maximum absolute atomic E-state index is 3.36. The van der Waals surface area contributed by atoms with Crippen LogP contribution in [0, 0.1) is 39.2 Å². The summed E-state index contributed by atoms with van der Waals surface area (Å²) in [5.41, 5.74) is 6.97. The molecule has 0 saturated carbocycles. The molecular formula is C22H39Cl3SiTi. The van der Waals surface area contributed by atoms with Gasteiger partial charge < -0.3 is 13.3 Å². The van der Waals surface area contributed by atoms with E-state index in [4.69, 9.17) is 0 Å². The number of allylic oxidation sites excluding steroid dienone is 4. The van der Waals surface area contributed by atoms with Gasteiger partial charge in [0.05, 0.1) is 0 Å². The molecule has 1 atom stereocenters. The minimum atomic E-state index is 0. The van der Waals surface area contributed by atoms with Crippen LogP contribution in [0.5, 0.6) is 0 Å². The summed E-state index contributed by atoms with van der Waals surface area (Å²) in [5, 5.41) is 1.38. The van der Waals surface area contributed by atoms with Gasteiger partial charge >= 0.3 is 21.7 Å². The molecule has 0 aromatic heterocycles. The van der Waals surface area contributed by atoms with E-state index in [0.717, 1.165) is 0 Å². The zero-order valence-corrected chi connectivity index (χ0v) is 24.2. The van der Waals surface area contributed by atoms with E-state index in [9.17, 15) is 0 Å². The van der Waals surface area contributed by atoms with Crippen LogP contribution in [0.3, 0.4) is 0 Å².